The van der Waals surface area contributed by atoms with Gasteiger partial charge in [-0.05, 0) is 58.1 Å². The van der Waals surface area contributed by atoms with Crippen molar-refractivity contribution in [1.82, 2.24) is 15.6 Å². The standard InChI is InChI=1S/C21H31N3O2S/c1-21(2,3)26-20(25)23-14-8-4-7-13-22-19(27)12-11-16-15-24-18-10-6-5-9-17(16)18/h5-6,9-10,15,24H,4,7-8,11-14H2,1-3H3,(H,22,27)(H,23,25). The molecule has 0 radical (unpaired) electrons. The lowest BCUT2D eigenvalue weighted by atomic mass is 10.1. The van der Waals surface area contributed by atoms with E-state index in [1.807, 2.05) is 26.8 Å². The molecule has 2 rings (SSSR count). The zero-order chi connectivity index (χ0) is 19.7. The first-order chi connectivity index (χ1) is 12.8. The van der Waals surface area contributed by atoms with Gasteiger partial charge in [-0.25, -0.2) is 4.79 Å². The fourth-order valence-corrected chi connectivity index (χ4v) is 3.04. The van der Waals surface area contributed by atoms with Gasteiger partial charge in [-0.2, -0.15) is 0 Å². The summed E-state index contributed by atoms with van der Waals surface area (Å²) in [5.74, 6) is 0. The molecule has 5 nitrogen and oxygen atoms in total. The van der Waals surface area contributed by atoms with Crippen LogP contribution in [0.4, 0.5) is 4.79 Å². The van der Waals surface area contributed by atoms with Crippen molar-refractivity contribution >= 4 is 34.2 Å². The van der Waals surface area contributed by atoms with E-state index in [1.165, 1.54) is 16.5 Å². The van der Waals surface area contributed by atoms with Gasteiger partial charge in [0.1, 0.15) is 5.60 Å². The Kier molecular flexibility index (Phi) is 8.10. The van der Waals surface area contributed by atoms with Gasteiger partial charge >= 0.3 is 6.09 Å². The van der Waals surface area contributed by atoms with Crippen LogP contribution in [0, 0.1) is 0 Å². The highest BCUT2D eigenvalue weighted by atomic mass is 32.1. The predicted octanol–water partition coefficient (Wildman–Crippen LogP) is 4.71. The number of H-pyrrole nitrogens is 1. The van der Waals surface area contributed by atoms with Crippen LogP contribution in [0.15, 0.2) is 30.5 Å². The highest BCUT2D eigenvalue weighted by Gasteiger charge is 2.15. The normalized spacial score (nSPS) is 11.4. The zero-order valence-electron chi connectivity index (χ0n) is 16.6. The molecule has 0 aliphatic rings. The molecule has 1 aromatic heterocycles. The van der Waals surface area contributed by atoms with Crippen molar-refractivity contribution in [1.29, 1.82) is 0 Å². The molecule has 148 valence electrons. The summed E-state index contributed by atoms with van der Waals surface area (Å²) in [6, 6.07) is 8.34. The summed E-state index contributed by atoms with van der Waals surface area (Å²) in [7, 11) is 0. The van der Waals surface area contributed by atoms with E-state index < -0.39 is 5.60 Å². The molecule has 27 heavy (non-hydrogen) atoms. The van der Waals surface area contributed by atoms with E-state index in [9.17, 15) is 4.79 Å². The maximum Gasteiger partial charge on any atom is 0.407 e. The first-order valence-corrected chi connectivity index (χ1v) is 10.0. The van der Waals surface area contributed by atoms with E-state index in [0.717, 1.165) is 43.6 Å². The van der Waals surface area contributed by atoms with Gasteiger partial charge in [0.25, 0.3) is 0 Å². The molecule has 0 bridgehead atoms. The van der Waals surface area contributed by atoms with E-state index in [-0.39, 0.29) is 6.09 Å². The van der Waals surface area contributed by atoms with E-state index in [0.29, 0.717) is 6.54 Å². The molecule has 3 N–H and O–H groups in total. The van der Waals surface area contributed by atoms with E-state index in [2.05, 4.69) is 40.0 Å². The third-order valence-electron chi connectivity index (χ3n) is 4.14. The van der Waals surface area contributed by atoms with Crippen molar-refractivity contribution in [3.8, 4) is 0 Å². The highest BCUT2D eigenvalue weighted by molar-refractivity contribution is 7.80. The second-order valence-electron chi connectivity index (χ2n) is 7.70. The Balaban J connectivity index is 1.52. The summed E-state index contributed by atoms with van der Waals surface area (Å²) in [5, 5.41) is 7.39. The number of aromatic nitrogens is 1. The summed E-state index contributed by atoms with van der Waals surface area (Å²) in [5.41, 5.74) is 2.03. The number of ether oxygens (including phenoxy) is 1. The lowest BCUT2D eigenvalue weighted by Crippen LogP contribution is -2.33. The number of aromatic amines is 1. The predicted molar refractivity (Wildman–Crippen MR) is 115 cm³/mol. The molecule has 0 atom stereocenters. The minimum atomic E-state index is -0.448. The van der Waals surface area contributed by atoms with Crippen LogP contribution in [0.1, 0.15) is 52.0 Å². The molecule has 1 amide bonds. The van der Waals surface area contributed by atoms with Crippen LogP contribution in [0.25, 0.3) is 10.9 Å². The van der Waals surface area contributed by atoms with E-state index >= 15 is 0 Å². The lowest BCUT2D eigenvalue weighted by molar-refractivity contribution is 0.0527. The first kappa shape index (κ1) is 21.2. The number of unbranched alkanes of at least 4 members (excludes halogenated alkanes) is 2. The number of rotatable bonds is 9. The largest absolute Gasteiger partial charge is 0.444 e. The lowest BCUT2D eigenvalue weighted by Gasteiger charge is -2.19. The monoisotopic (exact) mass is 389 g/mol. The van der Waals surface area contributed by atoms with Crippen LogP contribution in [0.3, 0.4) is 0 Å². The molecule has 0 aliphatic heterocycles. The van der Waals surface area contributed by atoms with E-state index in [1.54, 1.807) is 0 Å². The quantitative estimate of drug-likeness (QED) is 0.429. The Bertz CT molecular complexity index is 749. The van der Waals surface area contributed by atoms with Gasteiger partial charge in [0.15, 0.2) is 0 Å². The van der Waals surface area contributed by atoms with Gasteiger partial charge in [0, 0.05) is 36.6 Å². The summed E-state index contributed by atoms with van der Waals surface area (Å²) >= 11 is 5.44. The number of thiocarbonyl (C=S) groups is 1. The number of hydrogen-bond acceptors (Lipinski definition) is 3. The SMILES string of the molecule is CC(C)(C)OC(=O)NCCCCCNC(=S)CCc1c[nH]c2ccccc12. The molecule has 0 fully saturated rings. The van der Waals surface area contributed by atoms with Gasteiger partial charge in [0.05, 0.1) is 4.99 Å². The average molecular weight is 390 g/mol. The topological polar surface area (TPSA) is 66.2 Å². The van der Waals surface area contributed by atoms with E-state index in [4.69, 9.17) is 17.0 Å². The Morgan fingerprint density at radius 1 is 1.11 bits per heavy atom. The van der Waals surface area contributed by atoms with Crippen LogP contribution in [0.2, 0.25) is 0 Å². The molecule has 2 aromatic rings. The Labute approximate surface area is 167 Å². The number of para-hydroxylation sites is 1. The molecule has 0 unspecified atom stereocenters. The van der Waals surface area contributed by atoms with Gasteiger partial charge < -0.3 is 20.4 Å². The highest BCUT2D eigenvalue weighted by Crippen LogP contribution is 2.19. The number of benzene rings is 1. The second kappa shape index (κ2) is 10.3. The fraction of sp³-hybridized carbons (Fsp3) is 0.524. The van der Waals surface area contributed by atoms with Crippen LogP contribution >= 0.6 is 12.2 Å². The minimum Gasteiger partial charge on any atom is -0.444 e. The number of carbonyl (C=O) groups is 1. The average Bonchev–Trinajstić information content (AvgIpc) is 3.01. The summed E-state index contributed by atoms with van der Waals surface area (Å²) in [6.45, 7) is 7.10. The van der Waals surface area contributed by atoms with Crippen LogP contribution in [-0.4, -0.2) is 34.8 Å². The minimum absolute atomic E-state index is 0.348. The Morgan fingerprint density at radius 3 is 2.56 bits per heavy atom. The third kappa shape index (κ3) is 7.99. The van der Waals surface area contributed by atoms with Crippen molar-refractivity contribution in [2.75, 3.05) is 13.1 Å². The third-order valence-corrected chi connectivity index (χ3v) is 4.49. The molecule has 1 aromatic carbocycles. The fourth-order valence-electron chi connectivity index (χ4n) is 2.83. The van der Waals surface area contributed by atoms with Crippen molar-refractivity contribution in [3.63, 3.8) is 0 Å². The van der Waals surface area contributed by atoms with Gasteiger partial charge in [0.2, 0.25) is 0 Å². The summed E-state index contributed by atoms with van der Waals surface area (Å²) in [6.07, 6.45) is 6.53. The number of amides is 1. The molecule has 1 heterocycles. The summed E-state index contributed by atoms with van der Waals surface area (Å²) < 4.78 is 5.20. The summed E-state index contributed by atoms with van der Waals surface area (Å²) in [4.78, 5) is 15.7. The molecule has 0 saturated heterocycles. The van der Waals surface area contributed by atoms with Crippen LogP contribution in [0.5, 0.6) is 0 Å². The van der Waals surface area contributed by atoms with Gasteiger partial charge in [-0.3, -0.25) is 0 Å². The number of aryl methyl sites for hydroxylation is 1. The molecule has 0 spiro atoms. The van der Waals surface area contributed by atoms with Gasteiger partial charge in [-0.15, -0.1) is 0 Å². The zero-order valence-corrected chi connectivity index (χ0v) is 17.4. The maximum absolute atomic E-state index is 11.5. The van der Waals surface area contributed by atoms with Crippen molar-refractivity contribution in [2.45, 2.75) is 58.5 Å². The van der Waals surface area contributed by atoms with Crippen molar-refractivity contribution < 1.29 is 9.53 Å². The number of fused-ring (bicyclic) bond motifs is 1. The first-order valence-electron chi connectivity index (χ1n) is 9.64. The Morgan fingerprint density at radius 2 is 1.81 bits per heavy atom. The number of hydrogen-bond donors (Lipinski definition) is 3. The van der Waals surface area contributed by atoms with Crippen LogP contribution in [-0.2, 0) is 11.2 Å². The van der Waals surface area contributed by atoms with Crippen molar-refractivity contribution in [2.24, 2.45) is 0 Å². The molecule has 0 aliphatic carbocycles. The van der Waals surface area contributed by atoms with Crippen LogP contribution < -0.4 is 10.6 Å². The van der Waals surface area contributed by atoms with Crippen molar-refractivity contribution in [3.05, 3.63) is 36.0 Å². The molecule has 0 saturated carbocycles. The molecular formula is C21H31N3O2S. The van der Waals surface area contributed by atoms with Gasteiger partial charge in [-0.1, -0.05) is 30.4 Å². The number of carbonyl (C=O) groups excluding carboxylic acids is 1. The molecule has 6 heteroatoms. The molecular weight excluding hydrogens is 358 g/mol. The Hall–Kier alpha value is -2.08. The maximum atomic E-state index is 11.5. The second-order valence-corrected chi connectivity index (χ2v) is 8.19. The number of nitrogens with one attached hydrogen (secondary N) is 3. The smallest absolute Gasteiger partial charge is 0.407 e. The number of alkyl carbamates (subject to hydrolysis) is 1.